The third-order valence-electron chi connectivity index (χ3n) is 10.9. The Balaban J connectivity index is 1.40. The van der Waals surface area contributed by atoms with Gasteiger partial charge in [0.1, 0.15) is 23.1 Å². The van der Waals surface area contributed by atoms with Gasteiger partial charge in [-0.15, -0.1) is 10.2 Å². The summed E-state index contributed by atoms with van der Waals surface area (Å²) in [5, 5.41) is 29.0. The molecule has 24 heteroatoms. The SMILES string of the molecule is Cc1ccc2nc(-n3nc(C(C)(C)C)c(C#N)c3N=Nc3c(C)cc(N(c4nc5ccc(S(=O)(=O)O)cc5s4)c4c(C)cc(S(=O)(=O)O)cc4C)nc3Nc3c(C)cc(S(=O)(=O)O)cc3C)sc2c1. The van der Waals surface area contributed by atoms with Crippen molar-refractivity contribution >= 4 is 113 Å². The predicted molar refractivity (Wildman–Crippen MR) is 264 cm³/mol. The number of rotatable bonds is 11. The van der Waals surface area contributed by atoms with Gasteiger partial charge in [0.05, 0.1) is 46.5 Å². The predicted octanol–water partition coefficient (Wildman–Crippen LogP) is 10.9. The number of nitrogens with zero attached hydrogens (tertiary/aromatic N) is 9. The van der Waals surface area contributed by atoms with Crippen LogP contribution in [0.5, 0.6) is 0 Å². The van der Waals surface area contributed by atoms with Crippen molar-refractivity contribution in [1.82, 2.24) is 24.7 Å². The molecule has 8 aromatic rings. The van der Waals surface area contributed by atoms with Crippen LogP contribution in [0.4, 0.5) is 39.6 Å². The number of anilines is 5. The second-order valence-corrected chi connectivity index (χ2v) is 23.6. The standard InChI is InChI=1S/C45H42N10O9S5/c1-22-10-12-32-34(14-22)66-44(48-32)55-42(31(21-46)40(53-55)45(7,8)9)52-51-38-25(4)19-36(49-41(38)50-37-23(2)15-29(16-24(37)3)68(59,60)61)54(39-26(5)17-30(18-27(39)6)69(62,63)64)43-47-33-13-11-28(67(56,57)58)20-35(33)65-43/h10-20H,1-9H3,(H,49,50)(H,56,57,58)(H,59,60,61)(H,62,63,64). The Bertz CT molecular complexity index is 3840. The van der Waals surface area contributed by atoms with E-state index in [2.05, 4.69) is 11.4 Å². The van der Waals surface area contributed by atoms with E-state index in [9.17, 15) is 44.2 Å². The van der Waals surface area contributed by atoms with Gasteiger partial charge in [-0.2, -0.15) is 40.3 Å². The highest BCUT2D eigenvalue weighted by molar-refractivity contribution is 7.86. The van der Waals surface area contributed by atoms with E-state index in [1.807, 2.05) is 45.9 Å². The summed E-state index contributed by atoms with van der Waals surface area (Å²) >= 11 is 2.40. The van der Waals surface area contributed by atoms with E-state index in [1.165, 1.54) is 58.5 Å². The zero-order valence-electron chi connectivity index (χ0n) is 38.2. The highest BCUT2D eigenvalue weighted by Crippen LogP contribution is 2.46. The Labute approximate surface area is 405 Å². The number of thiazole rings is 2. The van der Waals surface area contributed by atoms with E-state index in [4.69, 9.17) is 30.3 Å². The third-order valence-corrected chi connectivity index (χ3v) is 15.4. The number of azo groups is 1. The fourth-order valence-corrected chi connectivity index (χ4v) is 11.6. The Hall–Kier alpha value is -6.56. The minimum atomic E-state index is -4.65. The molecule has 0 saturated carbocycles. The number of aryl methyl sites for hydroxylation is 6. The first kappa shape index (κ1) is 48.9. The van der Waals surface area contributed by atoms with Crippen molar-refractivity contribution in [3.8, 4) is 11.2 Å². The maximum Gasteiger partial charge on any atom is 0.294 e. The molecule has 0 aliphatic rings. The summed E-state index contributed by atoms with van der Waals surface area (Å²) in [7, 11) is -13.8. The molecule has 0 fully saturated rings. The summed E-state index contributed by atoms with van der Waals surface area (Å²) < 4.78 is 106. The van der Waals surface area contributed by atoms with Crippen LogP contribution in [0.2, 0.25) is 0 Å². The topological polar surface area (TPSA) is 283 Å². The zero-order chi connectivity index (χ0) is 50.3. The van der Waals surface area contributed by atoms with Crippen LogP contribution in [0, 0.1) is 52.9 Å². The lowest BCUT2D eigenvalue weighted by atomic mass is 9.90. The molecule has 0 amide bonds. The fraction of sp³-hybridized carbons (Fsp3) is 0.222. The number of pyridine rings is 1. The van der Waals surface area contributed by atoms with Crippen LogP contribution in [0.15, 0.2) is 91.6 Å². The molecule has 0 bridgehead atoms. The summed E-state index contributed by atoms with van der Waals surface area (Å²) in [4.78, 5) is 15.3. The maximum atomic E-state index is 12.4. The summed E-state index contributed by atoms with van der Waals surface area (Å²) in [5.41, 5.74) is 4.98. The molecule has 69 heavy (non-hydrogen) atoms. The first-order chi connectivity index (χ1) is 32.1. The molecule has 0 radical (unpaired) electrons. The second-order valence-electron chi connectivity index (χ2n) is 17.3. The van der Waals surface area contributed by atoms with Crippen molar-refractivity contribution in [2.75, 3.05) is 10.2 Å². The maximum absolute atomic E-state index is 12.4. The minimum Gasteiger partial charge on any atom is -0.338 e. The van der Waals surface area contributed by atoms with Crippen LogP contribution in [0.25, 0.3) is 25.6 Å². The highest BCUT2D eigenvalue weighted by atomic mass is 32.2. The monoisotopic (exact) mass is 1030 g/mol. The number of nitriles is 1. The molecule has 0 saturated heterocycles. The average molecular weight is 1030 g/mol. The van der Waals surface area contributed by atoms with Crippen molar-refractivity contribution in [2.45, 2.75) is 82.4 Å². The fourth-order valence-electron chi connectivity index (χ4n) is 7.71. The van der Waals surface area contributed by atoms with E-state index < -0.39 is 35.8 Å². The second kappa shape index (κ2) is 17.4. The Morgan fingerprint density at radius 1 is 0.681 bits per heavy atom. The summed E-state index contributed by atoms with van der Waals surface area (Å²) in [5.74, 6) is 0.310. The van der Waals surface area contributed by atoms with E-state index in [1.54, 1.807) is 45.6 Å². The van der Waals surface area contributed by atoms with Gasteiger partial charge in [-0.3, -0.25) is 18.6 Å². The molecule has 0 spiro atoms. The summed E-state index contributed by atoms with van der Waals surface area (Å²) in [6.45, 7) is 16.0. The van der Waals surface area contributed by atoms with Gasteiger partial charge in [0.15, 0.2) is 16.8 Å². The molecule has 19 nitrogen and oxygen atoms in total. The lowest BCUT2D eigenvalue weighted by Crippen LogP contribution is -2.16. The van der Waals surface area contributed by atoms with E-state index in [0.717, 1.165) is 27.1 Å². The highest BCUT2D eigenvalue weighted by Gasteiger charge is 2.31. The molecule has 4 N–H and O–H groups in total. The van der Waals surface area contributed by atoms with Gasteiger partial charge in [0.25, 0.3) is 30.4 Å². The molecule has 0 atom stereocenters. The van der Waals surface area contributed by atoms with Crippen LogP contribution >= 0.6 is 22.7 Å². The van der Waals surface area contributed by atoms with E-state index >= 15 is 0 Å². The van der Waals surface area contributed by atoms with Gasteiger partial charge in [0, 0.05) is 11.1 Å². The zero-order valence-corrected chi connectivity index (χ0v) is 42.3. The number of benzene rings is 4. The first-order valence-electron chi connectivity index (χ1n) is 20.6. The first-order valence-corrected chi connectivity index (χ1v) is 26.5. The van der Waals surface area contributed by atoms with Gasteiger partial charge in [-0.05, 0) is 136 Å². The molecule has 0 aliphatic heterocycles. The Morgan fingerprint density at radius 3 is 1.83 bits per heavy atom. The van der Waals surface area contributed by atoms with Gasteiger partial charge in [-0.1, -0.05) is 49.5 Å². The van der Waals surface area contributed by atoms with Crippen LogP contribution < -0.4 is 10.2 Å². The van der Waals surface area contributed by atoms with E-state index in [-0.39, 0.29) is 48.5 Å². The lowest BCUT2D eigenvalue weighted by Gasteiger charge is -2.27. The molecule has 4 aromatic carbocycles. The van der Waals surface area contributed by atoms with Gasteiger partial charge < -0.3 is 5.32 Å². The molecule has 356 valence electrons. The average Bonchev–Trinajstić information content (AvgIpc) is 3.96. The number of hydrogen-bond donors (Lipinski definition) is 4. The van der Waals surface area contributed by atoms with E-state index in [0.29, 0.717) is 60.2 Å². The number of fused-ring (bicyclic) bond motifs is 2. The van der Waals surface area contributed by atoms with Crippen LogP contribution in [-0.4, -0.2) is 63.6 Å². The molecular formula is C45H42N10O9S5. The van der Waals surface area contributed by atoms with Crippen molar-refractivity contribution in [1.29, 1.82) is 5.26 Å². The van der Waals surface area contributed by atoms with Gasteiger partial charge in [0.2, 0.25) is 5.13 Å². The van der Waals surface area contributed by atoms with Gasteiger partial charge in [-0.25, -0.2) is 15.0 Å². The van der Waals surface area contributed by atoms with Crippen molar-refractivity contribution in [2.24, 2.45) is 10.2 Å². The molecule has 4 heterocycles. The largest absolute Gasteiger partial charge is 0.338 e. The molecule has 0 aliphatic carbocycles. The van der Waals surface area contributed by atoms with Crippen LogP contribution in [-0.2, 0) is 35.8 Å². The number of nitrogens with one attached hydrogen (secondary N) is 1. The number of hydrogen-bond acceptors (Lipinski definition) is 17. The summed E-state index contributed by atoms with van der Waals surface area (Å²) in [6, 6.07) is 18.8. The third kappa shape index (κ3) is 9.59. The van der Waals surface area contributed by atoms with Crippen molar-refractivity contribution < 1.29 is 38.9 Å². The smallest absolute Gasteiger partial charge is 0.294 e. The normalized spacial score (nSPS) is 12.6. The minimum absolute atomic E-state index is 0.0558. The van der Waals surface area contributed by atoms with Crippen molar-refractivity contribution in [3.63, 3.8) is 0 Å². The summed E-state index contributed by atoms with van der Waals surface area (Å²) in [6.07, 6.45) is 0. The number of aromatic nitrogens is 5. The Morgan fingerprint density at radius 2 is 1.25 bits per heavy atom. The molecule has 4 aromatic heterocycles. The Kier molecular flexibility index (Phi) is 12.4. The molecule has 8 rings (SSSR count). The van der Waals surface area contributed by atoms with Crippen LogP contribution in [0.3, 0.4) is 0 Å². The molecule has 0 unspecified atom stereocenters. The quantitative estimate of drug-likeness (QED) is 0.0692. The lowest BCUT2D eigenvalue weighted by molar-refractivity contribution is 0.481. The molecular weight excluding hydrogens is 985 g/mol. The van der Waals surface area contributed by atoms with Crippen molar-refractivity contribution in [3.05, 3.63) is 111 Å². The van der Waals surface area contributed by atoms with Gasteiger partial charge >= 0.3 is 0 Å². The van der Waals surface area contributed by atoms with Crippen LogP contribution in [0.1, 0.15) is 65.4 Å².